The molecule has 0 aliphatic carbocycles. The maximum absolute atomic E-state index is 5.23. The molecule has 0 radical (unpaired) electrons. The molecule has 0 fully saturated rings. The molecule has 4 heteroatoms. The molecule has 0 atom stereocenters. The fourth-order valence-corrected chi connectivity index (χ4v) is 1.79. The average Bonchev–Trinajstić information content (AvgIpc) is 2.84. The molecule has 1 heterocycles. The van der Waals surface area contributed by atoms with Gasteiger partial charge in [-0.1, -0.05) is 12.1 Å². The van der Waals surface area contributed by atoms with Crippen molar-refractivity contribution in [3.63, 3.8) is 0 Å². The molecule has 0 bridgehead atoms. The monoisotopic (exact) mass is 231 g/mol. The van der Waals surface area contributed by atoms with E-state index in [-0.39, 0.29) is 0 Å². The number of methoxy groups -OCH3 is 1. The second kappa shape index (κ2) is 5.50. The Labute approximate surface area is 101 Å². The number of hydrogen-bond acceptors (Lipinski definition) is 3. The first kappa shape index (κ1) is 11.7. The summed E-state index contributed by atoms with van der Waals surface area (Å²) in [5.41, 5.74) is 3.39. The van der Waals surface area contributed by atoms with Crippen molar-refractivity contribution in [2.45, 2.75) is 6.42 Å². The van der Waals surface area contributed by atoms with Gasteiger partial charge in [-0.2, -0.15) is 5.10 Å². The molecule has 4 nitrogen and oxygen atoms in total. The van der Waals surface area contributed by atoms with E-state index >= 15 is 0 Å². The van der Waals surface area contributed by atoms with Crippen molar-refractivity contribution < 1.29 is 4.74 Å². The van der Waals surface area contributed by atoms with Crippen LogP contribution in [0.5, 0.6) is 5.75 Å². The summed E-state index contributed by atoms with van der Waals surface area (Å²) in [6.07, 6.45) is 2.84. The smallest absolute Gasteiger partial charge is 0.119 e. The number of H-pyrrole nitrogens is 1. The van der Waals surface area contributed by atoms with Crippen LogP contribution in [0.4, 0.5) is 0 Å². The minimum absolute atomic E-state index is 0.858. The van der Waals surface area contributed by atoms with Crippen LogP contribution in [-0.2, 0) is 6.42 Å². The van der Waals surface area contributed by atoms with E-state index in [1.165, 1.54) is 5.56 Å². The van der Waals surface area contributed by atoms with E-state index in [0.29, 0.717) is 0 Å². The van der Waals surface area contributed by atoms with E-state index in [9.17, 15) is 0 Å². The number of rotatable bonds is 5. The van der Waals surface area contributed by atoms with E-state index in [1.54, 1.807) is 7.11 Å². The lowest BCUT2D eigenvalue weighted by molar-refractivity contribution is 0.415. The van der Waals surface area contributed by atoms with Crippen molar-refractivity contribution in [3.8, 4) is 17.0 Å². The number of benzene rings is 1. The lowest BCUT2D eigenvalue weighted by atomic mass is 10.1. The van der Waals surface area contributed by atoms with Crippen LogP contribution in [0.25, 0.3) is 11.3 Å². The van der Waals surface area contributed by atoms with Gasteiger partial charge in [-0.15, -0.1) is 0 Å². The minimum Gasteiger partial charge on any atom is -0.497 e. The first-order chi connectivity index (χ1) is 8.35. The number of hydrogen-bond donors (Lipinski definition) is 2. The molecule has 2 rings (SSSR count). The van der Waals surface area contributed by atoms with Gasteiger partial charge in [0.05, 0.1) is 19.0 Å². The van der Waals surface area contributed by atoms with Gasteiger partial charge in [0.25, 0.3) is 0 Å². The van der Waals surface area contributed by atoms with E-state index < -0.39 is 0 Å². The van der Waals surface area contributed by atoms with E-state index in [1.807, 2.05) is 31.4 Å². The van der Waals surface area contributed by atoms with Gasteiger partial charge >= 0.3 is 0 Å². The fourth-order valence-electron chi connectivity index (χ4n) is 1.79. The van der Waals surface area contributed by atoms with Crippen molar-refractivity contribution in [2.75, 3.05) is 20.7 Å². The Balaban J connectivity index is 2.28. The molecule has 0 amide bonds. The number of aromatic nitrogens is 2. The standard InChI is InChI=1S/C13H17N3O/c1-14-7-6-11-9-15-16-13(11)10-4-3-5-12(8-10)17-2/h3-5,8-9,14H,6-7H2,1-2H3,(H,15,16). The molecule has 0 spiro atoms. The van der Waals surface area contributed by atoms with Crippen molar-refractivity contribution >= 4 is 0 Å². The Bertz CT molecular complexity index is 479. The lowest BCUT2D eigenvalue weighted by Crippen LogP contribution is -2.10. The number of likely N-dealkylation sites (N-methyl/N-ethyl adjacent to an activating group) is 1. The predicted octanol–water partition coefficient (Wildman–Crippen LogP) is 1.85. The Hall–Kier alpha value is -1.81. The average molecular weight is 231 g/mol. The first-order valence-corrected chi connectivity index (χ1v) is 5.66. The quantitative estimate of drug-likeness (QED) is 0.825. The summed E-state index contributed by atoms with van der Waals surface area (Å²) in [6, 6.07) is 7.99. The Morgan fingerprint density at radius 1 is 1.41 bits per heavy atom. The lowest BCUT2D eigenvalue weighted by Gasteiger charge is -2.05. The van der Waals surface area contributed by atoms with Crippen molar-refractivity contribution in [2.24, 2.45) is 0 Å². The highest BCUT2D eigenvalue weighted by Crippen LogP contribution is 2.24. The maximum Gasteiger partial charge on any atom is 0.119 e. The summed E-state index contributed by atoms with van der Waals surface area (Å²) < 4.78 is 5.23. The normalized spacial score (nSPS) is 10.5. The zero-order valence-electron chi connectivity index (χ0n) is 10.2. The fraction of sp³-hybridized carbons (Fsp3) is 0.308. The van der Waals surface area contributed by atoms with Crippen LogP contribution in [0.15, 0.2) is 30.5 Å². The van der Waals surface area contributed by atoms with Gasteiger partial charge in [-0.05, 0) is 37.7 Å². The van der Waals surface area contributed by atoms with Crippen molar-refractivity contribution in [1.82, 2.24) is 15.5 Å². The third-order valence-corrected chi connectivity index (χ3v) is 2.72. The molecular weight excluding hydrogens is 214 g/mol. The topological polar surface area (TPSA) is 49.9 Å². The molecule has 1 aromatic carbocycles. The van der Waals surface area contributed by atoms with Crippen LogP contribution in [0.1, 0.15) is 5.56 Å². The predicted molar refractivity (Wildman–Crippen MR) is 68.2 cm³/mol. The molecule has 0 saturated carbocycles. The van der Waals surface area contributed by atoms with Crippen LogP contribution < -0.4 is 10.1 Å². The summed E-state index contributed by atoms with van der Waals surface area (Å²) in [7, 11) is 3.62. The molecule has 0 aliphatic heterocycles. The van der Waals surface area contributed by atoms with Gasteiger partial charge in [0.1, 0.15) is 5.75 Å². The van der Waals surface area contributed by atoms with Crippen LogP contribution >= 0.6 is 0 Å². The highest BCUT2D eigenvalue weighted by Gasteiger charge is 2.07. The zero-order valence-corrected chi connectivity index (χ0v) is 10.2. The van der Waals surface area contributed by atoms with Crippen LogP contribution in [0.3, 0.4) is 0 Å². The molecule has 1 aromatic heterocycles. The Morgan fingerprint density at radius 3 is 3.06 bits per heavy atom. The molecule has 2 N–H and O–H groups in total. The number of nitrogens with zero attached hydrogens (tertiary/aromatic N) is 1. The number of aromatic amines is 1. The van der Waals surface area contributed by atoms with Crippen LogP contribution in [0.2, 0.25) is 0 Å². The highest BCUT2D eigenvalue weighted by molar-refractivity contribution is 5.64. The van der Waals surface area contributed by atoms with Gasteiger partial charge in [-0.3, -0.25) is 5.10 Å². The third kappa shape index (κ3) is 2.65. The molecule has 2 aromatic rings. The van der Waals surface area contributed by atoms with Crippen LogP contribution in [0, 0.1) is 0 Å². The summed E-state index contributed by atoms with van der Waals surface area (Å²) in [6.45, 7) is 0.941. The van der Waals surface area contributed by atoms with Gasteiger partial charge < -0.3 is 10.1 Å². The summed E-state index contributed by atoms with van der Waals surface area (Å²) in [5, 5.41) is 10.3. The van der Waals surface area contributed by atoms with Crippen LogP contribution in [-0.4, -0.2) is 30.9 Å². The second-order valence-electron chi connectivity index (χ2n) is 3.86. The highest BCUT2D eigenvalue weighted by atomic mass is 16.5. The third-order valence-electron chi connectivity index (χ3n) is 2.72. The van der Waals surface area contributed by atoms with E-state index in [0.717, 1.165) is 30.0 Å². The molecule has 0 unspecified atom stereocenters. The minimum atomic E-state index is 0.858. The zero-order chi connectivity index (χ0) is 12.1. The largest absolute Gasteiger partial charge is 0.497 e. The summed E-state index contributed by atoms with van der Waals surface area (Å²) >= 11 is 0. The maximum atomic E-state index is 5.23. The Kier molecular flexibility index (Phi) is 3.77. The molecule has 17 heavy (non-hydrogen) atoms. The van der Waals surface area contributed by atoms with Crippen molar-refractivity contribution in [1.29, 1.82) is 0 Å². The summed E-state index contributed by atoms with van der Waals surface area (Å²) in [4.78, 5) is 0. The number of ether oxygens (including phenoxy) is 1. The van der Waals surface area contributed by atoms with Gasteiger partial charge in [0, 0.05) is 5.56 Å². The summed E-state index contributed by atoms with van der Waals surface area (Å²) in [5.74, 6) is 0.858. The Morgan fingerprint density at radius 2 is 2.29 bits per heavy atom. The SMILES string of the molecule is CNCCc1cn[nH]c1-c1cccc(OC)c1. The van der Waals surface area contributed by atoms with Gasteiger partial charge in [0.2, 0.25) is 0 Å². The van der Waals surface area contributed by atoms with Gasteiger partial charge in [0.15, 0.2) is 0 Å². The second-order valence-corrected chi connectivity index (χ2v) is 3.86. The van der Waals surface area contributed by atoms with E-state index in [2.05, 4.69) is 21.6 Å². The van der Waals surface area contributed by atoms with E-state index in [4.69, 9.17) is 4.74 Å². The van der Waals surface area contributed by atoms with Gasteiger partial charge in [-0.25, -0.2) is 0 Å². The molecule has 90 valence electrons. The first-order valence-electron chi connectivity index (χ1n) is 5.66. The molecule has 0 aliphatic rings. The van der Waals surface area contributed by atoms with Crippen molar-refractivity contribution in [3.05, 3.63) is 36.0 Å². The number of nitrogens with one attached hydrogen (secondary N) is 2. The molecular formula is C13H17N3O. The molecule has 0 saturated heterocycles.